The van der Waals surface area contributed by atoms with Gasteiger partial charge in [0, 0.05) is 6.92 Å². The van der Waals surface area contributed by atoms with E-state index < -0.39 is 5.97 Å². The molecule has 16 heavy (non-hydrogen) atoms. The molecule has 0 saturated heterocycles. The van der Waals surface area contributed by atoms with Crippen LogP contribution in [0.5, 0.6) is 5.75 Å². The Morgan fingerprint density at radius 3 is 2.38 bits per heavy atom. The number of carbonyl (C=O) groups is 1. The standard InChI is InChI=1S/C10H15NO.C2H4O2/c11-8-4-5-9-12-10-6-2-1-3-7-10;1-2(3)4/h1-3,6-7H,4-5,8-9,11H2;1H3,(H,3,4). The lowest BCUT2D eigenvalue weighted by molar-refractivity contribution is -0.134. The zero-order valence-electron chi connectivity index (χ0n) is 9.56. The average molecular weight is 225 g/mol. The van der Waals surface area contributed by atoms with Gasteiger partial charge in [-0.25, -0.2) is 0 Å². The molecule has 4 heteroatoms. The smallest absolute Gasteiger partial charge is 0.300 e. The van der Waals surface area contributed by atoms with Gasteiger partial charge in [0.2, 0.25) is 0 Å². The molecule has 0 saturated carbocycles. The summed E-state index contributed by atoms with van der Waals surface area (Å²) in [6, 6.07) is 9.84. The van der Waals surface area contributed by atoms with Crippen LogP contribution in [-0.4, -0.2) is 24.2 Å². The second kappa shape index (κ2) is 9.98. The van der Waals surface area contributed by atoms with E-state index in [1.807, 2.05) is 30.3 Å². The fraction of sp³-hybridized carbons (Fsp3) is 0.417. The van der Waals surface area contributed by atoms with Gasteiger partial charge in [0.25, 0.3) is 5.97 Å². The SMILES string of the molecule is CC(=O)O.NCCCCOc1ccccc1. The normalized spacial score (nSPS) is 8.88. The van der Waals surface area contributed by atoms with Gasteiger partial charge in [0.05, 0.1) is 6.61 Å². The molecular formula is C12H19NO3. The minimum absolute atomic E-state index is 0.748. The summed E-state index contributed by atoms with van der Waals surface area (Å²) in [5.41, 5.74) is 5.35. The molecule has 0 radical (unpaired) electrons. The van der Waals surface area contributed by atoms with E-state index in [0.29, 0.717) is 0 Å². The molecule has 1 aromatic rings. The maximum absolute atomic E-state index is 9.00. The first kappa shape index (κ1) is 14.5. The number of rotatable bonds is 5. The maximum Gasteiger partial charge on any atom is 0.300 e. The van der Waals surface area contributed by atoms with Crippen LogP contribution in [0.25, 0.3) is 0 Å². The Bertz CT molecular complexity index is 271. The Labute approximate surface area is 96.0 Å². The van der Waals surface area contributed by atoms with E-state index in [1.54, 1.807) is 0 Å². The summed E-state index contributed by atoms with van der Waals surface area (Å²) in [5.74, 6) is 0.106. The van der Waals surface area contributed by atoms with E-state index in [0.717, 1.165) is 38.7 Å². The molecule has 0 unspecified atom stereocenters. The minimum Gasteiger partial charge on any atom is -0.494 e. The van der Waals surface area contributed by atoms with Crippen LogP contribution in [-0.2, 0) is 4.79 Å². The van der Waals surface area contributed by atoms with Crippen LogP contribution >= 0.6 is 0 Å². The summed E-state index contributed by atoms with van der Waals surface area (Å²) >= 11 is 0. The highest BCUT2D eigenvalue weighted by molar-refractivity contribution is 5.62. The van der Waals surface area contributed by atoms with E-state index in [1.165, 1.54) is 0 Å². The zero-order chi connectivity index (χ0) is 12.2. The van der Waals surface area contributed by atoms with Crippen LogP contribution in [0.15, 0.2) is 30.3 Å². The van der Waals surface area contributed by atoms with Crippen molar-refractivity contribution >= 4 is 5.97 Å². The number of hydrogen-bond donors (Lipinski definition) is 2. The Morgan fingerprint density at radius 2 is 1.88 bits per heavy atom. The topological polar surface area (TPSA) is 72.5 Å². The van der Waals surface area contributed by atoms with Crippen molar-refractivity contribution in [1.29, 1.82) is 0 Å². The van der Waals surface area contributed by atoms with E-state index in [2.05, 4.69) is 0 Å². The van der Waals surface area contributed by atoms with Crippen LogP contribution in [0.1, 0.15) is 19.8 Å². The highest BCUT2D eigenvalue weighted by Crippen LogP contribution is 2.08. The van der Waals surface area contributed by atoms with Crippen LogP contribution < -0.4 is 10.5 Å². The summed E-state index contributed by atoms with van der Waals surface area (Å²) in [6.45, 7) is 2.60. The third-order valence-corrected chi connectivity index (χ3v) is 1.61. The second-order valence-electron chi connectivity index (χ2n) is 3.18. The van der Waals surface area contributed by atoms with Crippen molar-refractivity contribution in [3.05, 3.63) is 30.3 Å². The predicted octanol–water partition coefficient (Wildman–Crippen LogP) is 1.90. The molecule has 3 N–H and O–H groups in total. The number of carboxylic acids is 1. The molecule has 0 atom stereocenters. The largest absolute Gasteiger partial charge is 0.494 e. The van der Waals surface area contributed by atoms with E-state index in [9.17, 15) is 0 Å². The molecule has 90 valence electrons. The quantitative estimate of drug-likeness (QED) is 0.751. The third kappa shape index (κ3) is 10.5. The Morgan fingerprint density at radius 1 is 1.31 bits per heavy atom. The second-order valence-corrected chi connectivity index (χ2v) is 3.18. The first-order valence-electron chi connectivity index (χ1n) is 5.24. The van der Waals surface area contributed by atoms with Gasteiger partial charge >= 0.3 is 0 Å². The van der Waals surface area contributed by atoms with E-state index in [4.69, 9.17) is 20.4 Å². The monoisotopic (exact) mass is 225 g/mol. The van der Waals surface area contributed by atoms with Crippen LogP contribution in [0.4, 0.5) is 0 Å². The Kier molecular flexibility index (Phi) is 9.02. The van der Waals surface area contributed by atoms with Crippen LogP contribution in [0, 0.1) is 0 Å². The molecule has 1 aromatic carbocycles. The number of carboxylic acid groups (broad SMARTS) is 1. The van der Waals surface area contributed by atoms with Gasteiger partial charge in [-0.15, -0.1) is 0 Å². The molecule has 0 fully saturated rings. The van der Waals surface area contributed by atoms with Crippen LogP contribution in [0.3, 0.4) is 0 Å². The van der Waals surface area contributed by atoms with Gasteiger partial charge in [-0.3, -0.25) is 4.79 Å². The fourth-order valence-electron chi connectivity index (χ4n) is 0.953. The lowest BCUT2D eigenvalue weighted by Gasteiger charge is -2.04. The van der Waals surface area contributed by atoms with Crippen molar-refractivity contribution in [3.63, 3.8) is 0 Å². The van der Waals surface area contributed by atoms with Crippen molar-refractivity contribution in [2.24, 2.45) is 5.73 Å². The van der Waals surface area contributed by atoms with E-state index in [-0.39, 0.29) is 0 Å². The van der Waals surface area contributed by atoms with Gasteiger partial charge < -0.3 is 15.6 Å². The summed E-state index contributed by atoms with van der Waals surface area (Å²) in [5, 5.41) is 7.42. The van der Waals surface area contributed by atoms with Gasteiger partial charge in [0.1, 0.15) is 5.75 Å². The lowest BCUT2D eigenvalue weighted by Crippen LogP contribution is -2.03. The molecule has 1 rings (SSSR count). The Hall–Kier alpha value is -1.55. The summed E-state index contributed by atoms with van der Waals surface area (Å²) in [6.07, 6.45) is 2.07. The van der Waals surface area contributed by atoms with Crippen molar-refractivity contribution in [2.45, 2.75) is 19.8 Å². The predicted molar refractivity (Wildman–Crippen MR) is 63.5 cm³/mol. The molecule has 0 spiro atoms. The Balaban J connectivity index is 0.000000487. The third-order valence-electron chi connectivity index (χ3n) is 1.61. The van der Waals surface area contributed by atoms with E-state index >= 15 is 0 Å². The number of nitrogens with two attached hydrogens (primary N) is 1. The molecular weight excluding hydrogens is 206 g/mol. The zero-order valence-corrected chi connectivity index (χ0v) is 9.56. The lowest BCUT2D eigenvalue weighted by atomic mass is 10.3. The first-order valence-corrected chi connectivity index (χ1v) is 5.24. The number of hydrogen-bond acceptors (Lipinski definition) is 3. The molecule has 0 aliphatic rings. The van der Waals surface area contributed by atoms with Crippen molar-refractivity contribution in [2.75, 3.05) is 13.2 Å². The maximum atomic E-state index is 9.00. The molecule has 0 aliphatic heterocycles. The minimum atomic E-state index is -0.833. The summed E-state index contributed by atoms with van der Waals surface area (Å²) in [4.78, 5) is 9.00. The van der Waals surface area contributed by atoms with Crippen LogP contribution in [0.2, 0.25) is 0 Å². The molecule has 0 aromatic heterocycles. The number of unbranched alkanes of at least 4 members (excludes halogenated alkanes) is 1. The highest BCUT2D eigenvalue weighted by atomic mass is 16.5. The van der Waals surface area contributed by atoms with Gasteiger partial charge in [0.15, 0.2) is 0 Å². The molecule has 0 bridgehead atoms. The van der Waals surface area contributed by atoms with Gasteiger partial charge in [-0.05, 0) is 31.5 Å². The highest BCUT2D eigenvalue weighted by Gasteiger charge is 1.89. The van der Waals surface area contributed by atoms with Crippen molar-refractivity contribution < 1.29 is 14.6 Å². The number of aliphatic carboxylic acids is 1. The number of benzene rings is 1. The van der Waals surface area contributed by atoms with Gasteiger partial charge in [-0.1, -0.05) is 18.2 Å². The summed E-state index contributed by atoms with van der Waals surface area (Å²) < 4.78 is 5.45. The van der Waals surface area contributed by atoms with Crippen molar-refractivity contribution in [3.8, 4) is 5.75 Å². The average Bonchev–Trinajstić information content (AvgIpc) is 2.25. The fourth-order valence-corrected chi connectivity index (χ4v) is 0.953. The first-order chi connectivity index (χ1) is 7.66. The molecule has 0 heterocycles. The number of para-hydroxylation sites is 1. The van der Waals surface area contributed by atoms with Crippen molar-refractivity contribution in [1.82, 2.24) is 0 Å². The molecule has 0 aliphatic carbocycles. The molecule has 0 amide bonds. The van der Waals surface area contributed by atoms with Gasteiger partial charge in [-0.2, -0.15) is 0 Å². The molecule has 4 nitrogen and oxygen atoms in total. The summed E-state index contributed by atoms with van der Waals surface area (Å²) in [7, 11) is 0. The number of ether oxygens (including phenoxy) is 1.